The summed E-state index contributed by atoms with van der Waals surface area (Å²) in [5.74, 6) is 0. The third-order valence-electron chi connectivity index (χ3n) is 1.84. The predicted octanol–water partition coefficient (Wildman–Crippen LogP) is -0.0609. The van der Waals surface area contributed by atoms with Gasteiger partial charge in [-0.05, 0) is 13.1 Å². The van der Waals surface area contributed by atoms with E-state index in [1.54, 1.807) is 0 Å². The van der Waals surface area contributed by atoms with Crippen molar-refractivity contribution < 1.29 is 9.84 Å². The van der Waals surface area contributed by atoms with E-state index in [0.29, 0.717) is 5.66 Å². The summed E-state index contributed by atoms with van der Waals surface area (Å²) in [5, 5.41) is 8.81. The first-order valence-electron chi connectivity index (χ1n) is 3.47. The predicted molar refractivity (Wildman–Crippen MR) is 44.1 cm³/mol. The molecule has 1 aliphatic heterocycles. The molecule has 1 fully saturated rings. The maximum Gasteiger partial charge on any atom is 0.109 e. The Balaban J connectivity index is 2.41. The van der Waals surface area contributed by atoms with Crippen molar-refractivity contribution in [2.24, 2.45) is 0 Å². The summed E-state index contributed by atoms with van der Waals surface area (Å²) >= 11 is 0. The van der Waals surface area contributed by atoms with Crippen LogP contribution in [0.1, 0.15) is 6.42 Å². The normalized spacial score (nSPS) is 41.6. The van der Waals surface area contributed by atoms with Crippen LogP contribution in [-0.2, 0) is 4.74 Å². The highest BCUT2D eigenvalue weighted by Gasteiger charge is 2.30. The third kappa shape index (κ3) is 1.72. The van der Waals surface area contributed by atoms with E-state index in [4.69, 9.17) is 17.7 Å². The third-order valence-corrected chi connectivity index (χ3v) is 3.18. The van der Waals surface area contributed by atoms with Gasteiger partial charge in [0, 0.05) is 11.7 Å². The van der Waals surface area contributed by atoms with Crippen molar-refractivity contribution in [3.8, 4) is 0 Å². The van der Waals surface area contributed by atoms with Crippen LogP contribution in [0, 0.1) is 0 Å². The molecule has 4 heteroatoms. The van der Waals surface area contributed by atoms with E-state index in [-0.39, 0.29) is 18.7 Å². The molecule has 1 N–H and O–H groups in total. The molecule has 0 aromatic rings. The van der Waals surface area contributed by atoms with Crippen molar-refractivity contribution >= 4 is 16.4 Å². The SMILES string of the molecule is [B]C1CC(PC)C(CO)O1. The zero-order chi connectivity index (χ0) is 7.56. The van der Waals surface area contributed by atoms with Crippen LogP contribution in [0.3, 0.4) is 0 Å². The van der Waals surface area contributed by atoms with Gasteiger partial charge in [0.15, 0.2) is 0 Å². The second kappa shape index (κ2) is 3.70. The fourth-order valence-electron chi connectivity index (χ4n) is 1.25. The highest BCUT2D eigenvalue weighted by atomic mass is 31.1. The summed E-state index contributed by atoms with van der Waals surface area (Å²) in [7, 11) is 6.36. The summed E-state index contributed by atoms with van der Waals surface area (Å²) in [6, 6.07) is -0.144. The van der Waals surface area contributed by atoms with E-state index in [1.807, 2.05) is 0 Å². The molecule has 1 rings (SSSR count). The molecule has 2 nitrogen and oxygen atoms in total. The second-order valence-corrected chi connectivity index (χ2v) is 3.85. The van der Waals surface area contributed by atoms with Gasteiger partial charge in [-0.25, -0.2) is 0 Å². The number of ether oxygens (including phenoxy) is 1. The number of hydrogen-bond donors (Lipinski definition) is 1. The van der Waals surface area contributed by atoms with Crippen LogP contribution in [0.15, 0.2) is 0 Å². The lowest BCUT2D eigenvalue weighted by atomic mass is 9.97. The minimum Gasteiger partial charge on any atom is -0.394 e. The van der Waals surface area contributed by atoms with E-state index in [0.717, 1.165) is 15.0 Å². The molecule has 0 spiro atoms. The molecule has 0 aromatic carbocycles. The standard InChI is InChI=1S/C6H12BO2P/c1-10-5-2-6(7)9-4(5)3-8/h4-6,8,10H,2-3H2,1H3. The van der Waals surface area contributed by atoms with Crippen LogP contribution >= 0.6 is 8.58 Å². The highest BCUT2D eigenvalue weighted by molar-refractivity contribution is 7.38. The Morgan fingerprint density at radius 3 is 2.90 bits per heavy atom. The lowest BCUT2D eigenvalue weighted by molar-refractivity contribution is 0.0447. The summed E-state index contributed by atoms with van der Waals surface area (Å²) in [4.78, 5) is 0. The monoisotopic (exact) mass is 158 g/mol. The van der Waals surface area contributed by atoms with Crippen molar-refractivity contribution in [1.29, 1.82) is 0 Å². The molecule has 56 valence electrons. The molecular formula is C6H12BO2P. The van der Waals surface area contributed by atoms with E-state index >= 15 is 0 Å². The number of rotatable bonds is 2. The number of aliphatic hydroxyl groups is 1. The molecule has 1 aliphatic rings. The van der Waals surface area contributed by atoms with Gasteiger partial charge in [0.2, 0.25) is 0 Å². The van der Waals surface area contributed by atoms with Gasteiger partial charge in [-0.15, -0.1) is 8.58 Å². The molecule has 0 bridgehead atoms. The van der Waals surface area contributed by atoms with Crippen molar-refractivity contribution in [3.05, 3.63) is 0 Å². The van der Waals surface area contributed by atoms with Gasteiger partial charge in [0.05, 0.1) is 12.7 Å². The summed E-state index contributed by atoms with van der Waals surface area (Å²) in [5.41, 5.74) is 0.486. The fraction of sp³-hybridized carbons (Fsp3) is 1.00. The average Bonchev–Trinajstić information content (AvgIpc) is 2.30. The number of hydrogen-bond acceptors (Lipinski definition) is 2. The average molecular weight is 158 g/mol. The van der Waals surface area contributed by atoms with Crippen LogP contribution in [0.2, 0.25) is 0 Å². The van der Waals surface area contributed by atoms with Crippen LogP contribution in [-0.4, -0.2) is 44.0 Å². The van der Waals surface area contributed by atoms with E-state index in [1.165, 1.54) is 0 Å². The van der Waals surface area contributed by atoms with Gasteiger partial charge in [0.1, 0.15) is 7.85 Å². The molecule has 10 heavy (non-hydrogen) atoms. The van der Waals surface area contributed by atoms with Gasteiger partial charge in [-0.2, -0.15) is 0 Å². The van der Waals surface area contributed by atoms with Crippen molar-refractivity contribution in [2.45, 2.75) is 24.2 Å². The Labute approximate surface area is 64.5 Å². The first kappa shape index (κ1) is 8.51. The highest BCUT2D eigenvalue weighted by Crippen LogP contribution is 2.31. The van der Waals surface area contributed by atoms with Gasteiger partial charge < -0.3 is 9.84 Å². The van der Waals surface area contributed by atoms with E-state index in [9.17, 15) is 0 Å². The van der Waals surface area contributed by atoms with Crippen LogP contribution < -0.4 is 0 Å². The van der Waals surface area contributed by atoms with Gasteiger partial charge >= 0.3 is 0 Å². The van der Waals surface area contributed by atoms with Crippen LogP contribution in [0.4, 0.5) is 0 Å². The summed E-state index contributed by atoms with van der Waals surface area (Å²) < 4.78 is 5.25. The zero-order valence-corrected chi connectivity index (χ0v) is 7.08. The van der Waals surface area contributed by atoms with Crippen LogP contribution in [0.5, 0.6) is 0 Å². The first-order valence-corrected chi connectivity index (χ1v) is 5.05. The quantitative estimate of drug-likeness (QED) is 0.450. The molecule has 0 aromatic heterocycles. The van der Waals surface area contributed by atoms with Gasteiger partial charge in [-0.1, -0.05) is 0 Å². The molecule has 0 saturated carbocycles. The summed E-state index contributed by atoms with van der Waals surface area (Å²) in [6.07, 6.45) is 0.901. The molecule has 2 radical (unpaired) electrons. The molecule has 4 atom stereocenters. The Bertz CT molecular complexity index is 99.9. The zero-order valence-electron chi connectivity index (χ0n) is 6.08. The van der Waals surface area contributed by atoms with Crippen molar-refractivity contribution in [3.63, 3.8) is 0 Å². The minimum atomic E-state index is -0.144. The molecule has 1 heterocycles. The molecular weight excluding hydrogens is 146 g/mol. The van der Waals surface area contributed by atoms with E-state index in [2.05, 4.69) is 6.66 Å². The van der Waals surface area contributed by atoms with Crippen LogP contribution in [0.25, 0.3) is 0 Å². The number of aliphatic hydroxyl groups excluding tert-OH is 1. The lowest BCUT2D eigenvalue weighted by Gasteiger charge is -2.13. The Morgan fingerprint density at radius 1 is 1.80 bits per heavy atom. The Hall–Kier alpha value is 0.415. The second-order valence-electron chi connectivity index (χ2n) is 2.53. The molecule has 0 amide bonds. The van der Waals surface area contributed by atoms with Crippen molar-refractivity contribution in [1.82, 2.24) is 0 Å². The largest absolute Gasteiger partial charge is 0.394 e. The fourth-order valence-corrected chi connectivity index (χ4v) is 2.27. The maximum absolute atomic E-state index is 8.81. The molecule has 1 saturated heterocycles. The topological polar surface area (TPSA) is 29.5 Å². The van der Waals surface area contributed by atoms with Crippen molar-refractivity contribution in [2.75, 3.05) is 13.3 Å². The molecule has 0 aliphatic carbocycles. The maximum atomic E-state index is 8.81. The summed E-state index contributed by atoms with van der Waals surface area (Å²) in [6.45, 7) is 2.23. The molecule has 4 unspecified atom stereocenters. The van der Waals surface area contributed by atoms with Gasteiger partial charge in [0.25, 0.3) is 0 Å². The lowest BCUT2D eigenvalue weighted by Crippen LogP contribution is -2.21. The smallest absolute Gasteiger partial charge is 0.109 e. The Morgan fingerprint density at radius 2 is 2.50 bits per heavy atom. The Kier molecular flexibility index (Phi) is 3.15. The minimum absolute atomic E-state index is 0.00154. The first-order chi connectivity index (χ1) is 4.77. The van der Waals surface area contributed by atoms with E-state index < -0.39 is 0 Å². The van der Waals surface area contributed by atoms with Gasteiger partial charge in [-0.3, -0.25) is 0 Å².